The van der Waals surface area contributed by atoms with Crippen molar-refractivity contribution in [3.8, 4) is 0 Å². The summed E-state index contributed by atoms with van der Waals surface area (Å²) in [7, 11) is 10.4. The Morgan fingerprint density at radius 1 is 0.637 bits per heavy atom. The Balaban J connectivity index is -0.000000440. The van der Waals surface area contributed by atoms with Crippen LogP contribution in [0.2, 0.25) is 0 Å². The van der Waals surface area contributed by atoms with Gasteiger partial charge in [-0.3, -0.25) is 24.0 Å². The van der Waals surface area contributed by atoms with Gasteiger partial charge in [0.25, 0.3) is 5.91 Å². The molecular formula is C61H80Br3F4MgN5O6. The molecule has 0 bridgehead atoms. The summed E-state index contributed by atoms with van der Waals surface area (Å²) < 4.78 is 58.0. The number of Topliss-reactive ketones (excluding diaryl/α,β-unsaturated/α-hetero) is 3. The number of halogens is 7. The third-order valence-corrected chi connectivity index (χ3v) is 11.4. The number of nitrogens with two attached hydrogens (primary N) is 1. The predicted octanol–water partition coefficient (Wildman–Crippen LogP) is 10.8. The molecule has 1 aliphatic heterocycles. The summed E-state index contributed by atoms with van der Waals surface area (Å²) >= 11 is 6.76. The SMILES string of the molecule is C.C1CCOC1.CC(=O)c1cccc(F)c1.CN(C)CCC(=O)c1cccc(F)c1.CNC.CON(C)C(=O)c1cccc(F)c1.C[C@H](N)c1ccc(Br)cc1.C[C@H](NCCC(=O)c1cccc(F)c1)c1ccc(Br)cc1.[Br-].[CH3-].[Mg+2]. The number of hydrogen-bond acceptors (Lipinski definition) is 10. The molecule has 1 amide bonds. The number of rotatable bonds is 14. The van der Waals surface area contributed by atoms with E-state index in [0.717, 1.165) is 38.9 Å². The number of nitrogens with one attached hydrogen (secondary N) is 2. The summed E-state index contributed by atoms with van der Waals surface area (Å²) in [5.41, 5.74) is 9.54. The fourth-order valence-electron chi connectivity index (χ4n) is 6.08. The molecule has 1 heterocycles. The molecule has 4 N–H and O–H groups in total. The van der Waals surface area contributed by atoms with Crippen LogP contribution in [0.25, 0.3) is 0 Å². The van der Waals surface area contributed by atoms with Crippen molar-refractivity contribution in [2.75, 3.05) is 68.7 Å². The Labute approximate surface area is 517 Å². The van der Waals surface area contributed by atoms with Crippen LogP contribution < -0.4 is 33.3 Å². The van der Waals surface area contributed by atoms with E-state index in [9.17, 15) is 36.7 Å². The molecule has 0 spiro atoms. The number of carbonyl (C=O) groups is 4. The molecule has 1 fully saturated rings. The zero-order valence-electron chi connectivity index (χ0n) is 46.9. The van der Waals surface area contributed by atoms with Gasteiger partial charge in [-0.1, -0.05) is 106 Å². The molecular weight excluding hydrogens is 1240 g/mol. The molecule has 0 radical (unpaired) electrons. The second-order valence-corrected chi connectivity index (χ2v) is 19.0. The summed E-state index contributed by atoms with van der Waals surface area (Å²) in [4.78, 5) is 52.0. The maximum atomic E-state index is 13.1. The van der Waals surface area contributed by atoms with Gasteiger partial charge in [0.15, 0.2) is 17.3 Å². The number of hydroxylamine groups is 2. The van der Waals surface area contributed by atoms with Crippen molar-refractivity contribution in [3.63, 3.8) is 0 Å². The fraction of sp³-hybridized carbons (Fsp3) is 0.328. The normalized spacial score (nSPS) is 11.2. The first kappa shape index (κ1) is 82.0. The first-order valence-corrected chi connectivity index (χ1v) is 25.9. The molecule has 0 saturated carbocycles. The molecule has 1 aliphatic rings. The summed E-state index contributed by atoms with van der Waals surface area (Å²) in [6, 6.07) is 39.1. The van der Waals surface area contributed by atoms with Gasteiger partial charge in [-0.05, 0) is 152 Å². The average molecular weight is 1320 g/mol. The molecule has 0 unspecified atom stereocenters. The van der Waals surface area contributed by atoms with E-state index in [-0.39, 0.29) is 113 Å². The number of nitrogens with zero attached hydrogens (tertiary/aromatic N) is 2. The van der Waals surface area contributed by atoms with Gasteiger partial charge >= 0.3 is 23.1 Å². The van der Waals surface area contributed by atoms with E-state index in [2.05, 4.69) is 54.3 Å². The minimum absolute atomic E-state index is 0. The van der Waals surface area contributed by atoms with Crippen LogP contribution in [0.1, 0.15) is 119 Å². The maximum absolute atomic E-state index is 13.1. The zero-order valence-corrected chi connectivity index (χ0v) is 53.1. The minimum atomic E-state index is -0.435. The van der Waals surface area contributed by atoms with Gasteiger partial charge in [0.1, 0.15) is 23.3 Å². The van der Waals surface area contributed by atoms with Crippen LogP contribution in [0, 0.1) is 30.7 Å². The molecule has 2 atom stereocenters. The van der Waals surface area contributed by atoms with Crippen molar-refractivity contribution in [2.24, 2.45) is 5.73 Å². The first-order chi connectivity index (χ1) is 36.1. The van der Waals surface area contributed by atoms with E-state index in [0.29, 0.717) is 42.6 Å². The van der Waals surface area contributed by atoms with Crippen LogP contribution in [0.4, 0.5) is 17.6 Å². The number of carbonyl (C=O) groups excluding carboxylic acids is 4. The fourth-order valence-corrected chi connectivity index (χ4v) is 6.61. The topological polar surface area (TPSA) is 143 Å². The number of amides is 1. The Bertz CT molecular complexity index is 2610. The molecule has 0 aliphatic carbocycles. The standard InChI is InChI=1S/C17H17BrFNO.C11H14FNO.C9H10FNO2.C8H10BrN.C8H7FO.C4H8O.C2H7N.CH4.CH3.BrH.Mg/c1-12(13-5-7-15(18)8-6-13)20-10-9-17(21)14-3-2-4-16(19)11-14;1-13(2)7-6-11(14)9-4-3-5-10(12)8-9;1-11(13-2)9(12)7-4-3-5-8(10)6-7;1-6(10)7-2-4-8(9)5-3-7;1-6(10)7-3-2-4-8(9)5-7;1-2-4-5-3-1;1-3-2;;;;/h2-8,11-12,20H,9-10H2,1H3;3-5,8H,6-7H2,1-2H3;3-6H,1-2H3;2-6H,10H2,1H3;2-5H,1H3;1-4H2;3H,1-2H3;1H4;1H3;1H;/q;;;;;;;;-1;;+2/p-1/t12-;;;6-;;;;;;;/m0..0......./s1. The van der Waals surface area contributed by atoms with Crippen molar-refractivity contribution in [3.05, 3.63) is 219 Å². The van der Waals surface area contributed by atoms with Crippen molar-refractivity contribution < 1.29 is 63.3 Å². The van der Waals surface area contributed by atoms with E-state index >= 15 is 0 Å². The van der Waals surface area contributed by atoms with Crippen LogP contribution in [-0.4, -0.2) is 125 Å². The van der Waals surface area contributed by atoms with Crippen molar-refractivity contribution in [2.45, 2.75) is 66.0 Å². The van der Waals surface area contributed by atoms with Gasteiger partial charge in [-0.15, -0.1) is 0 Å². The number of hydrogen-bond donors (Lipinski definition) is 3. The van der Waals surface area contributed by atoms with E-state index in [4.69, 9.17) is 10.5 Å². The second-order valence-electron chi connectivity index (χ2n) is 17.1. The smallest absolute Gasteiger partial charge is 1.00 e. The van der Waals surface area contributed by atoms with Gasteiger partial charge in [-0.2, -0.15) is 0 Å². The summed E-state index contributed by atoms with van der Waals surface area (Å²) in [6.45, 7) is 8.69. The molecule has 6 aromatic rings. The van der Waals surface area contributed by atoms with Gasteiger partial charge < -0.3 is 50.4 Å². The van der Waals surface area contributed by atoms with Crippen molar-refractivity contribution in [1.82, 2.24) is 20.6 Å². The predicted molar refractivity (Wildman–Crippen MR) is 322 cm³/mol. The van der Waals surface area contributed by atoms with Crippen molar-refractivity contribution in [1.29, 1.82) is 0 Å². The number of benzene rings is 6. The molecule has 0 aromatic heterocycles. The Morgan fingerprint density at radius 3 is 1.34 bits per heavy atom. The van der Waals surface area contributed by atoms with E-state index in [1.54, 1.807) is 30.3 Å². The summed E-state index contributed by atoms with van der Waals surface area (Å²) in [5, 5.41) is 7.09. The van der Waals surface area contributed by atoms with Crippen LogP contribution >= 0.6 is 31.9 Å². The van der Waals surface area contributed by atoms with Gasteiger partial charge in [0.2, 0.25) is 0 Å². The summed E-state index contributed by atoms with van der Waals surface area (Å²) in [5.74, 6) is -2.09. The third kappa shape index (κ3) is 37.5. The van der Waals surface area contributed by atoms with E-state index < -0.39 is 5.82 Å². The summed E-state index contributed by atoms with van der Waals surface area (Å²) in [6.07, 6.45) is 3.33. The van der Waals surface area contributed by atoms with Gasteiger partial charge in [0, 0.05) is 89.5 Å². The largest absolute Gasteiger partial charge is 2.00 e. The molecule has 6 aromatic carbocycles. The zero-order chi connectivity index (χ0) is 57.0. The minimum Gasteiger partial charge on any atom is -1.00 e. The Kier molecular flexibility index (Phi) is 49.2. The van der Waals surface area contributed by atoms with Gasteiger partial charge in [-0.25, -0.2) is 22.6 Å². The maximum Gasteiger partial charge on any atom is 2.00 e. The second kappa shape index (κ2) is 48.1. The van der Waals surface area contributed by atoms with Crippen LogP contribution in [0.3, 0.4) is 0 Å². The molecule has 19 heteroatoms. The molecule has 1 saturated heterocycles. The number of ketones is 3. The third-order valence-electron chi connectivity index (χ3n) is 10.3. The quantitative estimate of drug-likeness (QED) is 0.0317. The van der Waals surface area contributed by atoms with E-state index in [1.165, 1.54) is 100 Å². The molecule has 11 nitrogen and oxygen atoms in total. The average Bonchev–Trinajstić information content (AvgIpc) is 4.00. The Morgan fingerprint density at radius 2 is 1.00 bits per heavy atom. The molecule has 436 valence electrons. The van der Waals surface area contributed by atoms with Crippen LogP contribution in [0.5, 0.6) is 0 Å². The Hall–Kier alpha value is -4.51. The van der Waals surface area contributed by atoms with Crippen LogP contribution in [0.15, 0.2) is 155 Å². The monoisotopic (exact) mass is 1320 g/mol. The molecule has 80 heavy (non-hydrogen) atoms. The first-order valence-electron chi connectivity index (χ1n) is 24.3. The van der Waals surface area contributed by atoms with E-state index in [1.807, 2.05) is 88.5 Å². The number of ether oxygens (including phenoxy) is 1. The molecule has 7 rings (SSSR count). The van der Waals surface area contributed by atoms with Crippen molar-refractivity contribution >= 4 is 78.2 Å². The van der Waals surface area contributed by atoms with Gasteiger partial charge in [0.05, 0.1) is 7.11 Å². The van der Waals surface area contributed by atoms with Crippen LogP contribution in [-0.2, 0) is 9.57 Å².